The molecule has 0 spiro atoms. The van der Waals surface area contributed by atoms with Crippen molar-refractivity contribution in [1.29, 1.82) is 0 Å². The summed E-state index contributed by atoms with van der Waals surface area (Å²) in [6.45, 7) is 2.46. The molecule has 0 aliphatic carbocycles. The van der Waals surface area contributed by atoms with Gasteiger partial charge < -0.3 is 14.6 Å². The summed E-state index contributed by atoms with van der Waals surface area (Å²) in [4.78, 5) is 30.9. The van der Waals surface area contributed by atoms with Crippen LogP contribution in [0.5, 0.6) is 0 Å². The van der Waals surface area contributed by atoms with E-state index in [9.17, 15) is 18.0 Å². The maximum Gasteiger partial charge on any atom is 0.311 e. The monoisotopic (exact) mass is 465 g/mol. The first-order valence-electron chi connectivity index (χ1n) is 10.9. The Labute approximate surface area is 191 Å². The number of Topliss-reactive ketones (excluding diaryl/α,β-unsaturated/α-hetero) is 1. The van der Waals surface area contributed by atoms with E-state index in [1.807, 2.05) is 29.2 Å². The molecule has 1 saturated heterocycles. The molecule has 2 aliphatic heterocycles. The molecular weight excluding hydrogens is 442 g/mol. The van der Waals surface area contributed by atoms with Crippen LogP contribution in [-0.2, 0) is 19.6 Å². The number of fused-ring (bicyclic) bond motifs is 2. The van der Waals surface area contributed by atoms with Crippen LogP contribution in [0.1, 0.15) is 35.7 Å². The summed E-state index contributed by atoms with van der Waals surface area (Å²) < 4.78 is 34.3. The maximum absolute atomic E-state index is 12.9. The van der Waals surface area contributed by atoms with Gasteiger partial charge in [0.05, 0.1) is 5.92 Å². The Morgan fingerprint density at radius 3 is 2.76 bits per heavy atom. The van der Waals surface area contributed by atoms with E-state index in [0.29, 0.717) is 36.3 Å². The molecule has 2 aliphatic rings. The fraction of sp³-hybridized carbons (Fsp3) is 0.292. The molecule has 170 valence electrons. The van der Waals surface area contributed by atoms with Gasteiger partial charge in [0.1, 0.15) is 4.90 Å². The predicted molar refractivity (Wildman–Crippen MR) is 123 cm³/mol. The molecule has 0 radical (unpaired) electrons. The topological polar surface area (TPSA) is 109 Å². The lowest BCUT2D eigenvalue weighted by Gasteiger charge is -2.33. The predicted octanol–water partition coefficient (Wildman–Crippen LogP) is 3.14. The van der Waals surface area contributed by atoms with E-state index in [1.54, 1.807) is 31.3 Å². The number of ether oxygens (including phenoxy) is 1. The number of nitrogens with zero attached hydrogens (tertiary/aromatic N) is 2. The number of carbonyl (C=O) groups excluding carboxylic acids is 2. The molecule has 2 atom stereocenters. The summed E-state index contributed by atoms with van der Waals surface area (Å²) in [6, 6.07) is 14.1. The Morgan fingerprint density at radius 1 is 1.15 bits per heavy atom. The average molecular weight is 466 g/mol. The Morgan fingerprint density at radius 2 is 1.91 bits per heavy atom. The minimum absolute atomic E-state index is 0.183. The minimum atomic E-state index is -3.73. The fourth-order valence-corrected chi connectivity index (χ4v) is 5.72. The number of likely N-dealkylation sites (tertiary alicyclic amines) is 1. The molecule has 3 heterocycles. The Hall–Kier alpha value is -3.46. The second-order valence-electron chi connectivity index (χ2n) is 8.36. The number of amidine groups is 1. The van der Waals surface area contributed by atoms with Crippen LogP contribution in [0.15, 0.2) is 64.0 Å². The number of hydrogen-bond donors (Lipinski definition) is 1. The maximum atomic E-state index is 12.9. The van der Waals surface area contributed by atoms with Crippen LogP contribution in [0.25, 0.3) is 10.9 Å². The standard InChI is InChI=1S/C24H23N3O5S/c1-15(22(28)19-13-25-20-10-4-2-8-17(19)20)32-24(29)16-7-6-12-27(14-16)23-18-9-3-5-11-21(18)33(30,31)26-23/h2-5,8-11,13,15-16,25H,6-7,12,14H2,1H3/t15-,16+/m1/s1. The van der Waals surface area contributed by atoms with Gasteiger partial charge in [-0.25, -0.2) is 0 Å². The van der Waals surface area contributed by atoms with Crippen LogP contribution in [0.3, 0.4) is 0 Å². The van der Waals surface area contributed by atoms with Crippen molar-refractivity contribution in [2.24, 2.45) is 10.3 Å². The van der Waals surface area contributed by atoms with Crippen LogP contribution >= 0.6 is 0 Å². The van der Waals surface area contributed by atoms with Crippen molar-refractivity contribution in [2.75, 3.05) is 13.1 Å². The van der Waals surface area contributed by atoms with Crippen molar-refractivity contribution >= 4 is 38.5 Å². The minimum Gasteiger partial charge on any atom is -0.454 e. The zero-order valence-corrected chi connectivity index (χ0v) is 18.8. The number of benzene rings is 2. The molecule has 0 bridgehead atoms. The number of aromatic nitrogens is 1. The van der Waals surface area contributed by atoms with E-state index in [-0.39, 0.29) is 17.2 Å². The Balaban J connectivity index is 1.29. The van der Waals surface area contributed by atoms with E-state index in [0.717, 1.165) is 10.9 Å². The summed E-state index contributed by atoms with van der Waals surface area (Å²) >= 11 is 0. The Bertz CT molecular complexity index is 1390. The smallest absolute Gasteiger partial charge is 0.311 e. The van der Waals surface area contributed by atoms with Crippen molar-refractivity contribution in [3.8, 4) is 0 Å². The van der Waals surface area contributed by atoms with Crippen molar-refractivity contribution in [2.45, 2.75) is 30.8 Å². The fourth-order valence-electron chi connectivity index (χ4n) is 4.50. The molecule has 3 aromatic rings. The average Bonchev–Trinajstić information content (AvgIpc) is 3.37. The van der Waals surface area contributed by atoms with Gasteiger partial charge in [0.2, 0.25) is 5.78 Å². The number of piperidine rings is 1. The summed E-state index contributed by atoms with van der Waals surface area (Å²) in [5.41, 5.74) is 1.88. The molecule has 1 fully saturated rings. The number of aromatic amines is 1. The van der Waals surface area contributed by atoms with Crippen molar-refractivity contribution < 1.29 is 22.7 Å². The first-order chi connectivity index (χ1) is 15.8. The second-order valence-corrected chi connectivity index (χ2v) is 9.94. The van der Waals surface area contributed by atoms with E-state index in [4.69, 9.17) is 4.74 Å². The van der Waals surface area contributed by atoms with Crippen molar-refractivity contribution in [3.63, 3.8) is 0 Å². The molecule has 5 rings (SSSR count). The first kappa shape index (κ1) is 21.4. The number of rotatable bonds is 4. The number of nitrogens with one attached hydrogen (secondary N) is 1. The molecule has 2 aromatic carbocycles. The second kappa shape index (κ2) is 8.15. The van der Waals surface area contributed by atoms with Crippen LogP contribution in [-0.4, -0.2) is 55.1 Å². The van der Waals surface area contributed by atoms with Gasteiger partial charge in [0.25, 0.3) is 10.0 Å². The summed E-state index contributed by atoms with van der Waals surface area (Å²) in [5.74, 6) is -0.843. The van der Waals surface area contributed by atoms with Crippen LogP contribution in [0, 0.1) is 5.92 Å². The molecule has 8 nitrogen and oxygen atoms in total. The van der Waals surface area contributed by atoms with Gasteiger partial charge in [0, 0.05) is 41.3 Å². The van der Waals surface area contributed by atoms with Gasteiger partial charge in [0.15, 0.2) is 11.9 Å². The highest BCUT2D eigenvalue weighted by Gasteiger charge is 2.36. The quantitative estimate of drug-likeness (QED) is 0.468. The molecule has 0 unspecified atom stereocenters. The lowest BCUT2D eigenvalue weighted by molar-refractivity contribution is -0.152. The first-order valence-corrected chi connectivity index (χ1v) is 12.3. The zero-order chi connectivity index (χ0) is 23.2. The van der Waals surface area contributed by atoms with Crippen molar-refractivity contribution in [1.82, 2.24) is 9.88 Å². The van der Waals surface area contributed by atoms with Crippen LogP contribution in [0.4, 0.5) is 0 Å². The van der Waals surface area contributed by atoms with Crippen LogP contribution < -0.4 is 0 Å². The third-order valence-electron chi connectivity index (χ3n) is 6.18. The molecule has 1 N–H and O–H groups in total. The number of ketones is 1. The normalized spacial score (nSPS) is 20.2. The van der Waals surface area contributed by atoms with E-state index in [2.05, 4.69) is 9.38 Å². The van der Waals surface area contributed by atoms with Gasteiger partial charge in [-0.2, -0.15) is 8.42 Å². The van der Waals surface area contributed by atoms with E-state index >= 15 is 0 Å². The zero-order valence-electron chi connectivity index (χ0n) is 18.0. The number of hydrogen-bond acceptors (Lipinski definition) is 6. The number of para-hydroxylation sites is 1. The number of carbonyl (C=O) groups is 2. The molecule has 33 heavy (non-hydrogen) atoms. The highest BCUT2D eigenvalue weighted by molar-refractivity contribution is 7.90. The Kier molecular flexibility index (Phi) is 5.28. The van der Waals surface area contributed by atoms with Gasteiger partial charge in [-0.1, -0.05) is 30.3 Å². The van der Waals surface area contributed by atoms with E-state index < -0.39 is 28.0 Å². The largest absolute Gasteiger partial charge is 0.454 e. The SMILES string of the molecule is C[C@@H](OC(=O)[C@H]1CCCN(C2=NS(=O)(=O)c3ccccc32)C1)C(=O)c1c[nH]c2ccccc12. The van der Waals surface area contributed by atoms with Crippen molar-refractivity contribution in [3.05, 3.63) is 65.9 Å². The van der Waals surface area contributed by atoms with Gasteiger partial charge in [-0.05, 0) is 38.0 Å². The third-order valence-corrected chi connectivity index (χ3v) is 7.51. The highest BCUT2D eigenvalue weighted by Crippen LogP contribution is 2.30. The third kappa shape index (κ3) is 3.82. The van der Waals surface area contributed by atoms with Gasteiger partial charge in [-0.15, -0.1) is 4.40 Å². The van der Waals surface area contributed by atoms with E-state index in [1.165, 1.54) is 6.07 Å². The number of H-pyrrole nitrogens is 1. The number of sulfonamides is 1. The molecule has 0 amide bonds. The molecule has 0 saturated carbocycles. The molecule has 9 heteroatoms. The molecule has 1 aromatic heterocycles. The van der Waals surface area contributed by atoms with Gasteiger partial charge in [-0.3, -0.25) is 9.59 Å². The lowest BCUT2D eigenvalue weighted by atomic mass is 9.97. The summed E-state index contributed by atoms with van der Waals surface area (Å²) in [5, 5.41) is 0.786. The van der Waals surface area contributed by atoms with Gasteiger partial charge >= 0.3 is 5.97 Å². The molecular formula is C24H23N3O5S. The summed E-state index contributed by atoms with van der Waals surface area (Å²) in [6.07, 6.45) is 1.99. The lowest BCUT2D eigenvalue weighted by Crippen LogP contribution is -2.43. The van der Waals surface area contributed by atoms with Crippen LogP contribution in [0.2, 0.25) is 0 Å². The summed E-state index contributed by atoms with van der Waals surface area (Å²) in [7, 11) is -3.73. The number of esters is 1. The highest BCUT2D eigenvalue weighted by atomic mass is 32.2.